The molecule has 1 aromatic heterocycles. The monoisotopic (exact) mass is 237 g/mol. The molecule has 6 nitrogen and oxygen atoms in total. The topological polar surface area (TPSA) is 65.6 Å². The summed E-state index contributed by atoms with van der Waals surface area (Å²) in [6.07, 6.45) is 3.67. The van der Waals surface area contributed by atoms with E-state index in [1.807, 2.05) is 18.5 Å². The molecular weight excluding hydrogens is 222 g/mol. The van der Waals surface area contributed by atoms with Gasteiger partial charge in [0.05, 0.1) is 13.2 Å². The Bertz CT molecular complexity index is 416. The van der Waals surface area contributed by atoms with Crippen molar-refractivity contribution in [2.45, 2.75) is 6.04 Å². The molecule has 1 N–H and O–H groups in total. The van der Waals surface area contributed by atoms with Gasteiger partial charge in [0.15, 0.2) is 0 Å². The molecule has 0 spiro atoms. The van der Waals surface area contributed by atoms with Gasteiger partial charge in [-0.3, -0.25) is 4.79 Å². The van der Waals surface area contributed by atoms with Crippen molar-refractivity contribution >= 4 is 12.0 Å². The third kappa shape index (κ3) is 2.11. The van der Waals surface area contributed by atoms with Crippen LogP contribution in [0.25, 0.3) is 0 Å². The lowest BCUT2D eigenvalue weighted by Crippen LogP contribution is -2.34. The molecule has 92 valence electrons. The molecule has 1 aliphatic heterocycles. The van der Waals surface area contributed by atoms with Crippen LogP contribution in [0.4, 0.5) is 4.79 Å². The van der Waals surface area contributed by atoms with Crippen LogP contribution in [0.2, 0.25) is 0 Å². The van der Waals surface area contributed by atoms with Crippen molar-refractivity contribution in [3.63, 3.8) is 0 Å². The van der Waals surface area contributed by atoms with Crippen molar-refractivity contribution in [3.8, 4) is 0 Å². The molecule has 0 aliphatic carbocycles. The van der Waals surface area contributed by atoms with Crippen molar-refractivity contribution in [2.24, 2.45) is 0 Å². The van der Waals surface area contributed by atoms with Crippen LogP contribution in [0.1, 0.15) is 11.6 Å². The van der Waals surface area contributed by atoms with Gasteiger partial charge in [0, 0.05) is 26.0 Å². The summed E-state index contributed by atoms with van der Waals surface area (Å²) in [6, 6.07) is 1.76. The van der Waals surface area contributed by atoms with Crippen LogP contribution in [-0.2, 0) is 9.53 Å². The molecule has 0 aromatic carbocycles. The number of rotatable bonds is 3. The summed E-state index contributed by atoms with van der Waals surface area (Å²) in [5, 5.41) is 0. The zero-order valence-electron chi connectivity index (χ0n) is 9.84. The van der Waals surface area contributed by atoms with Crippen molar-refractivity contribution in [1.29, 1.82) is 0 Å². The first-order valence-corrected chi connectivity index (χ1v) is 5.34. The molecule has 2 amide bonds. The lowest BCUT2D eigenvalue weighted by molar-refractivity contribution is -0.141. The molecule has 1 fully saturated rings. The van der Waals surface area contributed by atoms with Gasteiger partial charge in [-0.1, -0.05) is 0 Å². The fourth-order valence-electron chi connectivity index (χ4n) is 1.99. The van der Waals surface area contributed by atoms with Crippen molar-refractivity contribution in [1.82, 2.24) is 14.8 Å². The Kier molecular flexibility index (Phi) is 3.03. The number of nitrogens with one attached hydrogen (secondary N) is 1. The van der Waals surface area contributed by atoms with Crippen molar-refractivity contribution < 1.29 is 14.3 Å². The van der Waals surface area contributed by atoms with E-state index in [0.717, 1.165) is 5.56 Å². The molecule has 1 atom stereocenters. The van der Waals surface area contributed by atoms with E-state index in [1.165, 1.54) is 12.0 Å². The minimum absolute atomic E-state index is 0.000591. The largest absolute Gasteiger partial charge is 0.468 e. The van der Waals surface area contributed by atoms with Gasteiger partial charge in [-0.25, -0.2) is 4.79 Å². The van der Waals surface area contributed by atoms with E-state index in [2.05, 4.69) is 9.72 Å². The fraction of sp³-hybridized carbons (Fsp3) is 0.455. The highest BCUT2D eigenvalue weighted by molar-refractivity contribution is 5.82. The number of carbonyl (C=O) groups excluding carboxylic acids is 2. The highest BCUT2D eigenvalue weighted by atomic mass is 16.5. The first-order chi connectivity index (χ1) is 8.13. The summed E-state index contributed by atoms with van der Waals surface area (Å²) in [5.41, 5.74) is 1.04. The Morgan fingerprint density at radius 1 is 1.65 bits per heavy atom. The summed E-state index contributed by atoms with van der Waals surface area (Å²) in [7, 11) is 3.05. The normalized spacial score (nSPS) is 19.9. The van der Waals surface area contributed by atoms with E-state index in [4.69, 9.17) is 0 Å². The molecule has 17 heavy (non-hydrogen) atoms. The Morgan fingerprint density at radius 3 is 3.00 bits per heavy atom. The second-order valence-electron chi connectivity index (χ2n) is 4.01. The Balaban J connectivity index is 2.09. The van der Waals surface area contributed by atoms with E-state index < -0.39 is 5.97 Å². The van der Waals surface area contributed by atoms with E-state index in [1.54, 1.807) is 11.9 Å². The maximum atomic E-state index is 11.9. The van der Waals surface area contributed by atoms with Gasteiger partial charge in [0.2, 0.25) is 0 Å². The molecule has 6 heteroatoms. The summed E-state index contributed by atoms with van der Waals surface area (Å²) < 4.78 is 4.56. The minimum Gasteiger partial charge on any atom is -0.468 e. The first-order valence-electron chi connectivity index (χ1n) is 5.34. The van der Waals surface area contributed by atoms with Gasteiger partial charge in [0.1, 0.15) is 6.54 Å². The number of likely N-dealkylation sites (N-methyl/N-ethyl adjacent to an activating group) is 1. The fourth-order valence-corrected chi connectivity index (χ4v) is 1.99. The van der Waals surface area contributed by atoms with Crippen LogP contribution in [0, 0.1) is 0 Å². The number of H-pyrrole nitrogens is 1. The molecule has 0 bridgehead atoms. The zero-order chi connectivity index (χ0) is 12.4. The number of ether oxygens (including phenoxy) is 1. The smallest absolute Gasteiger partial charge is 0.325 e. The van der Waals surface area contributed by atoms with Crippen LogP contribution >= 0.6 is 0 Å². The Labute approximate surface area is 99.1 Å². The van der Waals surface area contributed by atoms with E-state index >= 15 is 0 Å². The van der Waals surface area contributed by atoms with Gasteiger partial charge < -0.3 is 19.5 Å². The second-order valence-corrected chi connectivity index (χ2v) is 4.01. The van der Waals surface area contributed by atoms with Gasteiger partial charge in [-0.05, 0) is 11.6 Å². The summed E-state index contributed by atoms with van der Waals surface area (Å²) in [6.45, 7) is 0.503. The lowest BCUT2D eigenvalue weighted by atomic mass is 10.1. The number of aromatic nitrogens is 1. The average molecular weight is 237 g/mol. The van der Waals surface area contributed by atoms with E-state index in [-0.39, 0.29) is 18.6 Å². The van der Waals surface area contributed by atoms with Gasteiger partial charge in [0.25, 0.3) is 0 Å². The van der Waals surface area contributed by atoms with Crippen LogP contribution < -0.4 is 0 Å². The number of nitrogens with zero attached hydrogens (tertiary/aromatic N) is 2. The number of carbonyl (C=O) groups is 2. The predicted molar refractivity (Wildman–Crippen MR) is 60.3 cm³/mol. The number of hydrogen-bond acceptors (Lipinski definition) is 3. The van der Waals surface area contributed by atoms with Crippen LogP contribution in [0.3, 0.4) is 0 Å². The van der Waals surface area contributed by atoms with Crippen LogP contribution in [0.5, 0.6) is 0 Å². The van der Waals surface area contributed by atoms with Gasteiger partial charge in [-0.15, -0.1) is 0 Å². The van der Waals surface area contributed by atoms with Crippen molar-refractivity contribution in [3.05, 3.63) is 24.0 Å². The molecule has 1 aliphatic rings. The quantitative estimate of drug-likeness (QED) is 0.783. The molecule has 2 heterocycles. The number of methoxy groups -OCH3 is 1. The number of esters is 1. The zero-order valence-corrected chi connectivity index (χ0v) is 9.84. The van der Waals surface area contributed by atoms with Crippen LogP contribution in [0.15, 0.2) is 18.5 Å². The number of urea groups is 1. The molecule has 1 unspecified atom stereocenters. The summed E-state index contributed by atoms with van der Waals surface area (Å²) in [5.74, 6) is -0.401. The number of hydrogen-bond donors (Lipinski definition) is 1. The van der Waals surface area contributed by atoms with E-state index in [9.17, 15) is 9.59 Å². The second kappa shape index (κ2) is 4.48. The highest BCUT2D eigenvalue weighted by Gasteiger charge is 2.36. The first kappa shape index (κ1) is 11.5. The standard InChI is InChI=1S/C11H15N3O3/c1-13-9(8-3-4-12-5-8)6-14(11(13)16)7-10(15)17-2/h3-5,9,12H,6-7H2,1-2H3. The molecule has 0 radical (unpaired) electrons. The SMILES string of the molecule is COC(=O)CN1CC(c2cc[nH]c2)N(C)C1=O. The summed E-state index contributed by atoms with van der Waals surface area (Å²) >= 11 is 0. The molecular formula is C11H15N3O3. The molecule has 2 rings (SSSR count). The van der Waals surface area contributed by atoms with Crippen LogP contribution in [-0.4, -0.2) is 54.0 Å². The third-order valence-corrected chi connectivity index (χ3v) is 2.99. The minimum atomic E-state index is -0.401. The Morgan fingerprint density at radius 2 is 2.41 bits per heavy atom. The maximum Gasteiger partial charge on any atom is 0.325 e. The average Bonchev–Trinajstić information content (AvgIpc) is 2.92. The molecule has 1 aromatic rings. The molecule has 1 saturated heterocycles. The summed E-state index contributed by atoms with van der Waals surface area (Å²) in [4.78, 5) is 29.1. The lowest BCUT2D eigenvalue weighted by Gasteiger charge is -2.16. The predicted octanol–water partition coefficient (Wildman–Crippen LogP) is 0.596. The van der Waals surface area contributed by atoms with E-state index in [0.29, 0.717) is 6.54 Å². The number of aromatic amines is 1. The number of amides is 2. The Hall–Kier alpha value is -1.98. The van der Waals surface area contributed by atoms with Gasteiger partial charge >= 0.3 is 12.0 Å². The molecule has 0 saturated carbocycles. The van der Waals surface area contributed by atoms with Gasteiger partial charge in [-0.2, -0.15) is 0 Å². The third-order valence-electron chi connectivity index (χ3n) is 2.99. The maximum absolute atomic E-state index is 11.9. The highest BCUT2D eigenvalue weighted by Crippen LogP contribution is 2.27. The van der Waals surface area contributed by atoms with Crippen molar-refractivity contribution in [2.75, 3.05) is 27.2 Å².